The fraction of sp³-hybridized carbons (Fsp3) is 0.0800. The Morgan fingerprint density at radius 3 is 2.59 bits per heavy atom. The average molecular weight is 498 g/mol. The smallest absolute Gasteiger partial charge is 0.335 e. The number of benzene rings is 3. The number of ether oxygens (including phenoxy) is 1. The summed E-state index contributed by atoms with van der Waals surface area (Å²) >= 11 is 3.48. The predicted octanol–water partition coefficient (Wildman–Crippen LogP) is 6.77. The van der Waals surface area contributed by atoms with Crippen molar-refractivity contribution >= 4 is 21.9 Å². The van der Waals surface area contributed by atoms with Crippen molar-refractivity contribution in [3.05, 3.63) is 106 Å². The van der Waals surface area contributed by atoms with Gasteiger partial charge in [0.05, 0.1) is 11.3 Å². The third-order valence-corrected chi connectivity index (χ3v) is 5.55. The van der Waals surface area contributed by atoms with Crippen LogP contribution in [0.3, 0.4) is 0 Å². The van der Waals surface area contributed by atoms with Crippen LogP contribution in [-0.4, -0.2) is 15.6 Å². The first kappa shape index (κ1) is 21.8. The number of carboxylic acid groups (broad SMARTS) is 1. The van der Waals surface area contributed by atoms with E-state index in [2.05, 4.69) is 15.9 Å². The zero-order chi connectivity index (χ0) is 22.8. The van der Waals surface area contributed by atoms with Gasteiger partial charge in [0.1, 0.15) is 12.4 Å². The molecule has 162 valence electrons. The van der Waals surface area contributed by atoms with Gasteiger partial charge in [-0.05, 0) is 61.5 Å². The maximum absolute atomic E-state index is 14.1. The van der Waals surface area contributed by atoms with Crippen molar-refractivity contribution in [2.24, 2.45) is 0 Å². The topological polar surface area (TPSA) is 51.5 Å². The monoisotopic (exact) mass is 497 g/mol. The van der Waals surface area contributed by atoms with Gasteiger partial charge in [0.15, 0.2) is 11.6 Å². The number of carbonyl (C=O) groups is 1. The third kappa shape index (κ3) is 4.29. The summed E-state index contributed by atoms with van der Waals surface area (Å²) in [5, 5.41) is 9.37. The predicted molar refractivity (Wildman–Crippen MR) is 121 cm³/mol. The standard InChI is InChI=1S/C25H18BrF2NO3/c1-15-8-10-22(29(15)19-6-2-4-16(12-19)25(30)31)20-13-18(26)9-11-23(20)32-14-17-5-3-7-21(27)24(17)28/h2-13H,14H2,1H3,(H,30,31). The highest BCUT2D eigenvalue weighted by atomic mass is 79.9. The molecule has 4 nitrogen and oxygen atoms in total. The first-order valence-corrected chi connectivity index (χ1v) is 10.5. The molecule has 0 radical (unpaired) electrons. The minimum absolute atomic E-state index is 0.111. The van der Waals surface area contributed by atoms with Crippen molar-refractivity contribution < 1.29 is 23.4 Å². The van der Waals surface area contributed by atoms with Crippen molar-refractivity contribution in [2.45, 2.75) is 13.5 Å². The van der Waals surface area contributed by atoms with E-state index in [1.54, 1.807) is 24.3 Å². The normalized spacial score (nSPS) is 10.9. The molecule has 3 aromatic carbocycles. The molecule has 0 aliphatic heterocycles. The van der Waals surface area contributed by atoms with Crippen LogP contribution in [-0.2, 0) is 6.61 Å². The molecular formula is C25H18BrF2NO3. The van der Waals surface area contributed by atoms with Crippen LogP contribution in [0.4, 0.5) is 8.78 Å². The van der Waals surface area contributed by atoms with Crippen molar-refractivity contribution in [3.8, 4) is 22.7 Å². The molecule has 0 bridgehead atoms. The van der Waals surface area contributed by atoms with Crippen molar-refractivity contribution in [3.63, 3.8) is 0 Å². The quantitative estimate of drug-likeness (QED) is 0.319. The van der Waals surface area contributed by atoms with Gasteiger partial charge in [-0.15, -0.1) is 0 Å². The number of nitrogens with zero attached hydrogens (tertiary/aromatic N) is 1. The molecule has 0 aliphatic rings. The van der Waals surface area contributed by atoms with Gasteiger partial charge in [-0.3, -0.25) is 0 Å². The molecule has 4 aromatic rings. The molecule has 1 N–H and O–H groups in total. The summed E-state index contributed by atoms with van der Waals surface area (Å²) in [5.41, 5.74) is 3.34. The first-order chi connectivity index (χ1) is 15.3. The minimum Gasteiger partial charge on any atom is -0.488 e. The van der Waals surface area contributed by atoms with Gasteiger partial charge < -0.3 is 14.4 Å². The third-order valence-electron chi connectivity index (χ3n) is 5.06. The summed E-state index contributed by atoms with van der Waals surface area (Å²) < 4.78 is 36.2. The van der Waals surface area contributed by atoms with Crippen LogP contribution in [0.25, 0.3) is 16.9 Å². The SMILES string of the molecule is Cc1ccc(-c2cc(Br)ccc2OCc2cccc(F)c2F)n1-c1cccc(C(=O)O)c1. The second kappa shape index (κ2) is 8.96. The molecule has 0 saturated carbocycles. The highest BCUT2D eigenvalue weighted by molar-refractivity contribution is 9.10. The van der Waals surface area contributed by atoms with Gasteiger partial charge in [-0.1, -0.05) is 34.1 Å². The Bertz CT molecular complexity index is 1320. The molecule has 4 rings (SSSR count). The molecule has 0 spiro atoms. The summed E-state index contributed by atoms with van der Waals surface area (Å²) in [4.78, 5) is 11.4. The number of aromatic nitrogens is 1. The fourth-order valence-corrected chi connectivity index (χ4v) is 3.87. The Morgan fingerprint density at radius 1 is 1.03 bits per heavy atom. The van der Waals surface area contributed by atoms with Gasteiger partial charge in [0, 0.05) is 27.0 Å². The van der Waals surface area contributed by atoms with E-state index < -0.39 is 17.6 Å². The van der Waals surface area contributed by atoms with Crippen molar-refractivity contribution in [1.82, 2.24) is 4.57 Å². The summed E-state index contributed by atoms with van der Waals surface area (Å²) in [6.07, 6.45) is 0. The number of hydrogen-bond donors (Lipinski definition) is 1. The maximum Gasteiger partial charge on any atom is 0.335 e. The van der Waals surface area contributed by atoms with Crippen LogP contribution in [0.15, 0.2) is 77.3 Å². The number of aryl methyl sites for hydroxylation is 1. The Kier molecular flexibility index (Phi) is 6.10. The summed E-state index contributed by atoms with van der Waals surface area (Å²) in [6, 6.07) is 19.8. The van der Waals surface area contributed by atoms with Crippen LogP contribution < -0.4 is 4.74 Å². The molecule has 1 heterocycles. The van der Waals surface area contributed by atoms with E-state index in [-0.39, 0.29) is 17.7 Å². The lowest BCUT2D eigenvalue weighted by Crippen LogP contribution is -2.04. The van der Waals surface area contributed by atoms with Crippen LogP contribution >= 0.6 is 15.9 Å². The fourth-order valence-electron chi connectivity index (χ4n) is 3.51. The zero-order valence-corrected chi connectivity index (χ0v) is 18.6. The highest BCUT2D eigenvalue weighted by Crippen LogP contribution is 2.36. The molecule has 1 aromatic heterocycles. The molecule has 0 saturated heterocycles. The Hall–Kier alpha value is -3.45. The van der Waals surface area contributed by atoms with E-state index in [0.717, 1.165) is 21.9 Å². The summed E-state index contributed by atoms with van der Waals surface area (Å²) in [5.74, 6) is -2.40. The Morgan fingerprint density at radius 2 is 1.81 bits per heavy atom. The lowest BCUT2D eigenvalue weighted by molar-refractivity contribution is 0.0697. The molecule has 32 heavy (non-hydrogen) atoms. The molecule has 0 fully saturated rings. The molecule has 7 heteroatoms. The Balaban J connectivity index is 1.77. The summed E-state index contributed by atoms with van der Waals surface area (Å²) in [6.45, 7) is 1.77. The first-order valence-electron chi connectivity index (χ1n) is 9.73. The summed E-state index contributed by atoms with van der Waals surface area (Å²) in [7, 11) is 0. The van der Waals surface area contributed by atoms with E-state index in [1.165, 1.54) is 18.2 Å². The van der Waals surface area contributed by atoms with E-state index in [9.17, 15) is 18.7 Å². The van der Waals surface area contributed by atoms with E-state index in [1.807, 2.05) is 35.8 Å². The number of rotatable bonds is 6. The van der Waals surface area contributed by atoms with Crippen molar-refractivity contribution in [2.75, 3.05) is 0 Å². The Labute approximate surface area is 191 Å². The minimum atomic E-state index is -1.01. The molecule has 0 unspecified atom stereocenters. The van der Waals surface area contributed by atoms with Gasteiger partial charge in [-0.25, -0.2) is 13.6 Å². The van der Waals surface area contributed by atoms with E-state index >= 15 is 0 Å². The number of aromatic carboxylic acids is 1. The maximum atomic E-state index is 14.1. The number of carboxylic acids is 1. The molecule has 0 amide bonds. The second-order valence-corrected chi connectivity index (χ2v) is 8.11. The second-order valence-electron chi connectivity index (χ2n) is 7.19. The lowest BCUT2D eigenvalue weighted by atomic mass is 10.1. The number of halogens is 3. The molecular weight excluding hydrogens is 480 g/mol. The van der Waals surface area contributed by atoms with E-state index in [4.69, 9.17) is 4.74 Å². The number of hydrogen-bond acceptors (Lipinski definition) is 2. The lowest BCUT2D eigenvalue weighted by Gasteiger charge is -2.17. The van der Waals surface area contributed by atoms with Crippen LogP contribution in [0, 0.1) is 18.6 Å². The largest absolute Gasteiger partial charge is 0.488 e. The molecule has 0 aliphatic carbocycles. The van der Waals surface area contributed by atoms with Gasteiger partial charge >= 0.3 is 5.97 Å². The average Bonchev–Trinajstić information content (AvgIpc) is 3.16. The van der Waals surface area contributed by atoms with Gasteiger partial charge in [0.25, 0.3) is 0 Å². The molecule has 0 atom stereocenters. The van der Waals surface area contributed by atoms with Crippen LogP contribution in [0.2, 0.25) is 0 Å². The zero-order valence-electron chi connectivity index (χ0n) is 17.0. The van der Waals surface area contributed by atoms with Crippen LogP contribution in [0.1, 0.15) is 21.6 Å². The van der Waals surface area contributed by atoms with Crippen molar-refractivity contribution in [1.29, 1.82) is 0 Å². The highest BCUT2D eigenvalue weighted by Gasteiger charge is 2.17. The van der Waals surface area contributed by atoms with E-state index in [0.29, 0.717) is 17.0 Å². The van der Waals surface area contributed by atoms with Gasteiger partial charge in [0.2, 0.25) is 0 Å². The van der Waals surface area contributed by atoms with Gasteiger partial charge in [-0.2, -0.15) is 0 Å². The van der Waals surface area contributed by atoms with Crippen LogP contribution in [0.5, 0.6) is 5.75 Å².